The van der Waals surface area contributed by atoms with Gasteiger partial charge in [-0.05, 0) is 30.7 Å². The molecular weight excluding hydrogens is 262 g/mol. The van der Waals surface area contributed by atoms with Crippen molar-refractivity contribution < 1.29 is 8.42 Å². The molecular formula is C13H23N3O2S. The molecule has 5 nitrogen and oxygen atoms in total. The summed E-state index contributed by atoms with van der Waals surface area (Å²) in [6.07, 6.45) is 2.74. The van der Waals surface area contributed by atoms with Crippen LogP contribution in [0.3, 0.4) is 0 Å². The van der Waals surface area contributed by atoms with Gasteiger partial charge in [-0.15, -0.1) is 0 Å². The maximum atomic E-state index is 12.2. The fourth-order valence-electron chi connectivity index (χ4n) is 2.36. The van der Waals surface area contributed by atoms with Crippen molar-refractivity contribution in [1.82, 2.24) is 9.29 Å². The Hall–Kier alpha value is -0.850. The molecule has 1 heterocycles. The summed E-state index contributed by atoms with van der Waals surface area (Å²) in [7, 11) is -3.41. The second kappa shape index (κ2) is 4.92. The first-order chi connectivity index (χ1) is 8.80. The minimum absolute atomic E-state index is 0.278. The van der Waals surface area contributed by atoms with Gasteiger partial charge in [0.1, 0.15) is 0 Å². The van der Waals surface area contributed by atoms with Crippen molar-refractivity contribution in [3.8, 4) is 0 Å². The number of hydrogen-bond acceptors (Lipinski definition) is 3. The molecule has 1 aromatic heterocycles. The van der Waals surface area contributed by atoms with E-state index in [2.05, 4.69) is 18.6 Å². The van der Waals surface area contributed by atoms with E-state index in [9.17, 15) is 8.42 Å². The summed E-state index contributed by atoms with van der Waals surface area (Å²) in [6.45, 7) is 7.87. The standard InChI is InChI=1S/C13H23N3O2S/c1-4-16-9-12(5-11(16)7-14)19(17,18)15-8-10-6-13(10,2)3/h5,9-10,15H,4,6-8,14H2,1-3H3. The van der Waals surface area contributed by atoms with Gasteiger partial charge >= 0.3 is 0 Å². The Bertz CT molecular complexity index is 539. The van der Waals surface area contributed by atoms with E-state index in [4.69, 9.17) is 5.73 Å². The molecule has 108 valence electrons. The Balaban J connectivity index is 2.09. The lowest BCUT2D eigenvalue weighted by atomic mass is 10.1. The lowest BCUT2D eigenvalue weighted by Gasteiger charge is -2.06. The molecule has 1 aliphatic rings. The first-order valence-electron chi connectivity index (χ1n) is 6.69. The maximum Gasteiger partial charge on any atom is 0.242 e. The number of rotatable bonds is 6. The van der Waals surface area contributed by atoms with Crippen LogP contribution >= 0.6 is 0 Å². The van der Waals surface area contributed by atoms with Crippen LogP contribution in [0, 0.1) is 11.3 Å². The molecule has 0 saturated heterocycles. The average molecular weight is 285 g/mol. The average Bonchev–Trinajstić information content (AvgIpc) is 2.77. The number of sulfonamides is 1. The predicted molar refractivity (Wildman–Crippen MR) is 75.1 cm³/mol. The van der Waals surface area contributed by atoms with Crippen molar-refractivity contribution in [3.05, 3.63) is 18.0 Å². The van der Waals surface area contributed by atoms with Crippen LogP contribution in [-0.2, 0) is 23.1 Å². The highest BCUT2D eigenvalue weighted by Crippen LogP contribution is 2.51. The Morgan fingerprint density at radius 2 is 2.16 bits per heavy atom. The highest BCUT2D eigenvalue weighted by atomic mass is 32.2. The summed E-state index contributed by atoms with van der Waals surface area (Å²) in [5.74, 6) is 0.449. The van der Waals surface area contributed by atoms with E-state index < -0.39 is 10.0 Å². The van der Waals surface area contributed by atoms with Crippen molar-refractivity contribution in [3.63, 3.8) is 0 Å². The van der Waals surface area contributed by atoms with Gasteiger partial charge in [-0.25, -0.2) is 13.1 Å². The fraction of sp³-hybridized carbons (Fsp3) is 0.692. The summed E-state index contributed by atoms with van der Waals surface area (Å²) < 4.78 is 29.0. The first-order valence-corrected chi connectivity index (χ1v) is 8.17. The molecule has 19 heavy (non-hydrogen) atoms. The fourth-order valence-corrected chi connectivity index (χ4v) is 3.50. The highest BCUT2D eigenvalue weighted by molar-refractivity contribution is 7.89. The van der Waals surface area contributed by atoms with Crippen LogP contribution in [0.1, 0.15) is 32.9 Å². The van der Waals surface area contributed by atoms with E-state index in [1.165, 1.54) is 0 Å². The topological polar surface area (TPSA) is 77.1 Å². The third kappa shape index (κ3) is 3.01. The van der Waals surface area contributed by atoms with Gasteiger partial charge in [0.05, 0.1) is 4.90 Å². The van der Waals surface area contributed by atoms with Gasteiger partial charge in [-0.2, -0.15) is 0 Å². The Labute approximate surface area is 115 Å². The van der Waals surface area contributed by atoms with Gasteiger partial charge < -0.3 is 10.3 Å². The molecule has 1 aromatic rings. The highest BCUT2D eigenvalue weighted by Gasteiger charge is 2.45. The molecule has 3 N–H and O–H groups in total. The van der Waals surface area contributed by atoms with E-state index in [1.54, 1.807) is 12.3 Å². The Kier molecular flexibility index (Phi) is 3.77. The molecule has 1 atom stereocenters. The van der Waals surface area contributed by atoms with E-state index in [0.29, 0.717) is 23.9 Å². The van der Waals surface area contributed by atoms with Crippen molar-refractivity contribution >= 4 is 10.0 Å². The molecule has 6 heteroatoms. The lowest BCUT2D eigenvalue weighted by Crippen LogP contribution is -2.26. The van der Waals surface area contributed by atoms with Gasteiger partial charge in [-0.1, -0.05) is 13.8 Å². The molecule has 0 radical (unpaired) electrons. The predicted octanol–water partition coefficient (Wildman–Crippen LogP) is 1.29. The maximum absolute atomic E-state index is 12.2. The number of nitrogens with zero attached hydrogens (tertiary/aromatic N) is 1. The number of hydrogen-bond donors (Lipinski definition) is 2. The van der Waals surface area contributed by atoms with Crippen molar-refractivity contribution in [2.24, 2.45) is 17.1 Å². The van der Waals surface area contributed by atoms with Crippen molar-refractivity contribution in [2.45, 2.75) is 45.2 Å². The molecule has 0 aromatic carbocycles. The molecule has 2 rings (SSSR count). The lowest BCUT2D eigenvalue weighted by molar-refractivity contribution is 0.537. The Morgan fingerprint density at radius 1 is 1.53 bits per heavy atom. The van der Waals surface area contributed by atoms with Crippen LogP contribution in [0.15, 0.2) is 17.2 Å². The molecule has 0 bridgehead atoms. The van der Waals surface area contributed by atoms with E-state index in [1.807, 2.05) is 11.5 Å². The number of aromatic nitrogens is 1. The van der Waals surface area contributed by atoms with Crippen LogP contribution in [0.25, 0.3) is 0 Å². The number of aryl methyl sites for hydroxylation is 1. The molecule has 1 fully saturated rings. The molecule has 0 spiro atoms. The summed E-state index contributed by atoms with van der Waals surface area (Å²) in [6, 6.07) is 1.66. The molecule has 1 unspecified atom stereocenters. The second-order valence-electron chi connectivity index (χ2n) is 5.90. The van der Waals surface area contributed by atoms with Crippen LogP contribution in [0.5, 0.6) is 0 Å². The van der Waals surface area contributed by atoms with E-state index in [-0.39, 0.29) is 5.41 Å². The minimum atomic E-state index is -3.41. The zero-order chi connectivity index (χ0) is 14.3. The van der Waals surface area contributed by atoms with Crippen LogP contribution in [-0.4, -0.2) is 19.5 Å². The Morgan fingerprint density at radius 3 is 2.58 bits per heavy atom. The molecule has 1 saturated carbocycles. The first kappa shape index (κ1) is 14.6. The monoisotopic (exact) mass is 285 g/mol. The van der Waals surface area contributed by atoms with Gasteiger partial charge in [0, 0.05) is 31.5 Å². The normalized spacial score (nSPS) is 21.6. The molecule has 0 aliphatic heterocycles. The largest absolute Gasteiger partial charge is 0.349 e. The van der Waals surface area contributed by atoms with Crippen LogP contribution in [0.4, 0.5) is 0 Å². The summed E-state index contributed by atoms with van der Waals surface area (Å²) in [5, 5.41) is 0. The van der Waals surface area contributed by atoms with Crippen molar-refractivity contribution in [2.75, 3.05) is 6.54 Å². The van der Waals surface area contributed by atoms with E-state index in [0.717, 1.165) is 18.7 Å². The summed E-state index contributed by atoms with van der Waals surface area (Å²) >= 11 is 0. The van der Waals surface area contributed by atoms with Crippen LogP contribution in [0.2, 0.25) is 0 Å². The van der Waals surface area contributed by atoms with Gasteiger partial charge in [-0.3, -0.25) is 0 Å². The quantitative estimate of drug-likeness (QED) is 0.827. The minimum Gasteiger partial charge on any atom is -0.349 e. The SMILES string of the molecule is CCn1cc(S(=O)(=O)NCC2CC2(C)C)cc1CN. The zero-order valence-corrected chi connectivity index (χ0v) is 12.6. The van der Waals surface area contributed by atoms with Gasteiger partial charge in [0.25, 0.3) is 0 Å². The third-order valence-corrected chi connectivity index (χ3v) is 5.45. The molecule has 0 amide bonds. The third-order valence-electron chi connectivity index (χ3n) is 4.06. The number of nitrogens with one attached hydrogen (secondary N) is 1. The van der Waals surface area contributed by atoms with Crippen molar-refractivity contribution in [1.29, 1.82) is 0 Å². The van der Waals surface area contributed by atoms with E-state index >= 15 is 0 Å². The second-order valence-corrected chi connectivity index (χ2v) is 7.67. The molecule has 1 aliphatic carbocycles. The zero-order valence-electron chi connectivity index (χ0n) is 11.8. The number of nitrogens with two attached hydrogens (primary N) is 1. The van der Waals surface area contributed by atoms with Gasteiger partial charge in [0.2, 0.25) is 10.0 Å². The summed E-state index contributed by atoms with van der Waals surface area (Å²) in [5.41, 5.74) is 6.73. The van der Waals surface area contributed by atoms with Crippen LogP contribution < -0.4 is 10.5 Å². The summed E-state index contributed by atoms with van der Waals surface area (Å²) in [4.78, 5) is 0.313. The van der Waals surface area contributed by atoms with Gasteiger partial charge in [0.15, 0.2) is 0 Å². The smallest absolute Gasteiger partial charge is 0.242 e.